The highest BCUT2D eigenvalue weighted by Crippen LogP contribution is 2.41. The summed E-state index contributed by atoms with van der Waals surface area (Å²) in [7, 11) is 0. The Kier molecular flexibility index (Phi) is 5.93. The van der Waals surface area contributed by atoms with E-state index in [4.69, 9.17) is 4.74 Å². The normalized spacial score (nSPS) is 17.4. The lowest BCUT2D eigenvalue weighted by atomic mass is 9.81. The molecule has 1 atom stereocenters. The van der Waals surface area contributed by atoms with Crippen LogP contribution in [0.5, 0.6) is 5.75 Å². The van der Waals surface area contributed by atoms with Crippen LogP contribution in [0.1, 0.15) is 16.7 Å². The van der Waals surface area contributed by atoms with Gasteiger partial charge in [0.25, 0.3) is 0 Å². The number of nitrogens with one attached hydrogen (secondary N) is 1. The largest absolute Gasteiger partial charge is 0.460 e. The SMILES string of the molecule is Cc1cc(OC(F)F)ccc1C1(c2cccc(-c3cncnc3)c2)COC(NOC=O)=N1. The molecule has 8 nitrogen and oxygen atoms in total. The Labute approximate surface area is 181 Å². The first-order valence-electron chi connectivity index (χ1n) is 9.51. The van der Waals surface area contributed by atoms with Gasteiger partial charge in [-0.1, -0.05) is 24.3 Å². The molecule has 0 amide bonds. The van der Waals surface area contributed by atoms with E-state index in [9.17, 15) is 13.6 Å². The summed E-state index contributed by atoms with van der Waals surface area (Å²) in [6, 6.07) is 12.2. The number of amidine groups is 1. The van der Waals surface area contributed by atoms with Crippen LogP contribution >= 0.6 is 0 Å². The van der Waals surface area contributed by atoms with Crippen molar-refractivity contribution in [3.05, 3.63) is 77.9 Å². The number of aromatic nitrogens is 2. The third-order valence-electron chi connectivity index (χ3n) is 5.01. The molecule has 2 aromatic carbocycles. The first-order valence-corrected chi connectivity index (χ1v) is 9.51. The van der Waals surface area contributed by atoms with Gasteiger partial charge in [0.1, 0.15) is 18.7 Å². The maximum absolute atomic E-state index is 12.6. The van der Waals surface area contributed by atoms with Gasteiger partial charge in [-0.05, 0) is 47.4 Å². The van der Waals surface area contributed by atoms with E-state index in [-0.39, 0.29) is 24.9 Å². The molecule has 1 unspecified atom stereocenters. The van der Waals surface area contributed by atoms with Gasteiger partial charge in [0.15, 0.2) is 5.54 Å². The summed E-state index contributed by atoms with van der Waals surface area (Å²) in [4.78, 5) is 27.9. The lowest BCUT2D eigenvalue weighted by molar-refractivity contribution is -0.132. The molecule has 0 bridgehead atoms. The molecule has 0 saturated heterocycles. The van der Waals surface area contributed by atoms with Gasteiger partial charge in [0.2, 0.25) is 0 Å². The second-order valence-corrected chi connectivity index (χ2v) is 6.95. The predicted molar refractivity (Wildman–Crippen MR) is 110 cm³/mol. The molecule has 0 saturated carbocycles. The molecule has 0 fully saturated rings. The number of aliphatic imine (C=N–C) groups is 1. The number of aryl methyl sites for hydroxylation is 1. The highest BCUT2D eigenvalue weighted by molar-refractivity contribution is 5.77. The first kappa shape index (κ1) is 21.2. The number of hydroxylamine groups is 1. The number of ether oxygens (including phenoxy) is 2. The predicted octanol–water partition coefficient (Wildman–Crippen LogP) is 3.36. The molecule has 32 heavy (non-hydrogen) atoms. The Balaban J connectivity index is 1.82. The van der Waals surface area contributed by atoms with Crippen molar-refractivity contribution in [1.82, 2.24) is 15.4 Å². The Morgan fingerprint density at radius 3 is 2.69 bits per heavy atom. The Hall–Kier alpha value is -4.08. The molecular weight excluding hydrogens is 422 g/mol. The third-order valence-corrected chi connectivity index (χ3v) is 5.01. The van der Waals surface area contributed by atoms with E-state index in [1.165, 1.54) is 18.5 Å². The van der Waals surface area contributed by atoms with Crippen LogP contribution < -0.4 is 10.2 Å². The van der Waals surface area contributed by atoms with Gasteiger partial charge in [-0.15, -0.1) is 0 Å². The molecule has 3 aromatic rings. The van der Waals surface area contributed by atoms with Crippen LogP contribution in [0.3, 0.4) is 0 Å². The molecule has 10 heteroatoms. The van der Waals surface area contributed by atoms with Crippen LogP contribution in [0.15, 0.2) is 66.2 Å². The molecular formula is C22H18F2N4O4. The van der Waals surface area contributed by atoms with Crippen molar-refractivity contribution in [3.8, 4) is 16.9 Å². The Bertz CT molecular complexity index is 1140. The van der Waals surface area contributed by atoms with Gasteiger partial charge >= 0.3 is 19.1 Å². The average molecular weight is 440 g/mol. The second-order valence-electron chi connectivity index (χ2n) is 6.95. The van der Waals surface area contributed by atoms with Crippen molar-refractivity contribution >= 4 is 12.5 Å². The van der Waals surface area contributed by atoms with Crippen LogP contribution in [-0.4, -0.2) is 35.7 Å². The lowest BCUT2D eigenvalue weighted by Gasteiger charge is -2.27. The minimum atomic E-state index is -2.93. The zero-order valence-electron chi connectivity index (χ0n) is 16.9. The van der Waals surface area contributed by atoms with Crippen LogP contribution in [-0.2, 0) is 19.9 Å². The number of carbonyl (C=O) groups excluding carboxylic acids is 1. The summed E-state index contributed by atoms with van der Waals surface area (Å²) >= 11 is 0. The van der Waals surface area contributed by atoms with E-state index >= 15 is 0 Å². The van der Waals surface area contributed by atoms with Gasteiger partial charge in [0.05, 0.1) is 0 Å². The van der Waals surface area contributed by atoms with Gasteiger partial charge in [-0.25, -0.2) is 15.0 Å². The van der Waals surface area contributed by atoms with E-state index in [2.05, 4.69) is 30.0 Å². The fourth-order valence-corrected chi connectivity index (χ4v) is 3.66. The maximum atomic E-state index is 12.6. The first-order chi connectivity index (χ1) is 15.5. The fraction of sp³-hybridized carbons (Fsp3) is 0.182. The summed E-state index contributed by atoms with van der Waals surface area (Å²) in [6.07, 6.45) is 4.83. The van der Waals surface area contributed by atoms with Gasteiger partial charge in [-0.2, -0.15) is 14.3 Å². The third kappa shape index (κ3) is 4.20. The van der Waals surface area contributed by atoms with Crippen LogP contribution in [0.4, 0.5) is 8.78 Å². The second kappa shape index (κ2) is 8.96. The minimum Gasteiger partial charge on any atom is -0.460 e. The highest BCUT2D eigenvalue weighted by Gasteiger charge is 2.42. The van der Waals surface area contributed by atoms with Gasteiger partial charge in [0, 0.05) is 18.0 Å². The number of alkyl halides is 2. The molecule has 0 aliphatic carbocycles. The van der Waals surface area contributed by atoms with Crippen LogP contribution in [0.2, 0.25) is 0 Å². The maximum Gasteiger partial charge on any atom is 0.387 e. The molecule has 164 valence electrons. The zero-order chi connectivity index (χ0) is 22.6. The summed E-state index contributed by atoms with van der Waals surface area (Å²) in [5.41, 5.74) is 5.13. The minimum absolute atomic E-state index is 0.0119. The molecule has 4 rings (SSSR count). The van der Waals surface area contributed by atoms with Crippen LogP contribution in [0.25, 0.3) is 11.1 Å². The number of halogens is 2. The van der Waals surface area contributed by atoms with E-state index in [0.29, 0.717) is 11.1 Å². The molecule has 0 spiro atoms. The van der Waals surface area contributed by atoms with Crippen molar-refractivity contribution in [2.75, 3.05) is 6.61 Å². The van der Waals surface area contributed by atoms with E-state index < -0.39 is 12.2 Å². The number of rotatable bonds is 7. The molecule has 1 N–H and O–H groups in total. The van der Waals surface area contributed by atoms with Crippen molar-refractivity contribution in [1.29, 1.82) is 0 Å². The quantitative estimate of drug-likeness (QED) is 0.445. The van der Waals surface area contributed by atoms with E-state index in [1.54, 1.807) is 25.4 Å². The molecule has 1 aliphatic rings. The number of nitrogens with zero attached hydrogens (tertiary/aromatic N) is 3. The molecule has 1 aliphatic heterocycles. The zero-order valence-corrected chi connectivity index (χ0v) is 16.9. The van der Waals surface area contributed by atoms with E-state index in [0.717, 1.165) is 16.7 Å². The monoisotopic (exact) mass is 440 g/mol. The molecule has 1 aromatic heterocycles. The van der Waals surface area contributed by atoms with Crippen LogP contribution in [0, 0.1) is 6.92 Å². The molecule has 0 radical (unpaired) electrons. The van der Waals surface area contributed by atoms with Crippen molar-refractivity contribution in [2.45, 2.75) is 19.1 Å². The van der Waals surface area contributed by atoms with Crippen molar-refractivity contribution in [2.24, 2.45) is 4.99 Å². The average Bonchev–Trinajstić information content (AvgIpc) is 3.23. The van der Waals surface area contributed by atoms with E-state index in [1.807, 2.05) is 24.3 Å². The number of hydrogen-bond donors (Lipinski definition) is 1. The highest BCUT2D eigenvalue weighted by atomic mass is 19.3. The smallest absolute Gasteiger partial charge is 0.387 e. The fourth-order valence-electron chi connectivity index (χ4n) is 3.66. The summed E-state index contributed by atoms with van der Waals surface area (Å²) < 4.78 is 35.5. The number of benzene rings is 2. The summed E-state index contributed by atoms with van der Waals surface area (Å²) in [6.45, 7) is -0.859. The lowest BCUT2D eigenvalue weighted by Crippen LogP contribution is -2.28. The number of carbonyl (C=O) groups is 1. The van der Waals surface area contributed by atoms with Crippen molar-refractivity contribution in [3.63, 3.8) is 0 Å². The van der Waals surface area contributed by atoms with Gasteiger partial charge < -0.3 is 14.3 Å². The standard InChI is InChI=1S/C22H18F2N4O4/c1-14-7-18(32-20(23)24)5-6-19(14)22(11-30-21(27-22)28-31-13-29)17-4-2-3-15(8-17)16-9-25-12-26-10-16/h2-10,12-13,20H,11H2,1H3,(H,27,28). The Morgan fingerprint density at radius 1 is 1.16 bits per heavy atom. The Morgan fingerprint density at radius 2 is 1.97 bits per heavy atom. The summed E-state index contributed by atoms with van der Waals surface area (Å²) in [5, 5.41) is 0. The van der Waals surface area contributed by atoms with Gasteiger partial charge in [-0.3, -0.25) is 4.79 Å². The summed E-state index contributed by atoms with van der Waals surface area (Å²) in [5.74, 6) is 0.0390. The topological polar surface area (TPSA) is 94.9 Å². The molecule has 2 heterocycles. The number of hydrogen-bond acceptors (Lipinski definition) is 8. The van der Waals surface area contributed by atoms with Crippen molar-refractivity contribution < 1.29 is 27.9 Å².